The fraction of sp³-hybridized carbons (Fsp3) is 0.952. The summed E-state index contributed by atoms with van der Waals surface area (Å²) in [4.78, 5) is 15.1. The minimum atomic E-state index is -0.373. The first-order valence-corrected chi connectivity index (χ1v) is 10.6. The maximum Gasteiger partial charge on any atom is 0.237 e. The molecule has 0 aromatic rings. The zero-order chi connectivity index (χ0) is 18.7. The predicted molar refractivity (Wildman–Crippen MR) is 103 cm³/mol. The van der Waals surface area contributed by atoms with Gasteiger partial charge in [-0.05, 0) is 62.2 Å². The summed E-state index contributed by atoms with van der Waals surface area (Å²) in [5.74, 6) is 1.48. The molecular formula is C21H38N2O3. The van der Waals surface area contributed by atoms with Crippen molar-refractivity contribution in [2.75, 3.05) is 26.3 Å². The molecule has 2 aliphatic heterocycles. The monoisotopic (exact) mass is 366 g/mol. The third kappa shape index (κ3) is 5.20. The minimum absolute atomic E-state index is 0.132. The Morgan fingerprint density at radius 1 is 1.12 bits per heavy atom. The molecule has 0 aromatic heterocycles. The number of amides is 1. The lowest BCUT2D eigenvalue weighted by atomic mass is 9.71. The Morgan fingerprint density at radius 3 is 2.38 bits per heavy atom. The van der Waals surface area contributed by atoms with E-state index in [0.717, 1.165) is 51.4 Å². The molecule has 2 heterocycles. The molecule has 1 saturated carbocycles. The maximum atomic E-state index is 12.9. The Labute approximate surface area is 158 Å². The second kappa shape index (κ2) is 8.57. The Bertz CT molecular complexity index is 462. The van der Waals surface area contributed by atoms with Crippen molar-refractivity contribution in [3.8, 4) is 0 Å². The van der Waals surface area contributed by atoms with Crippen LogP contribution in [0, 0.1) is 17.3 Å². The highest BCUT2D eigenvalue weighted by Gasteiger charge is 2.38. The van der Waals surface area contributed by atoms with Crippen molar-refractivity contribution in [3.05, 3.63) is 0 Å². The van der Waals surface area contributed by atoms with E-state index in [1.165, 1.54) is 12.8 Å². The molecule has 5 nitrogen and oxygen atoms in total. The Morgan fingerprint density at radius 2 is 1.77 bits per heavy atom. The summed E-state index contributed by atoms with van der Waals surface area (Å²) in [5, 5.41) is 13.4. The van der Waals surface area contributed by atoms with Gasteiger partial charge in [0.1, 0.15) is 0 Å². The molecule has 26 heavy (non-hydrogen) atoms. The number of likely N-dealkylation sites (tertiary alicyclic amines) is 1. The number of carbonyl (C=O) groups is 1. The molecular weight excluding hydrogens is 328 g/mol. The zero-order valence-corrected chi connectivity index (χ0v) is 16.9. The fourth-order valence-corrected chi connectivity index (χ4v) is 5.02. The van der Waals surface area contributed by atoms with Gasteiger partial charge in [0.2, 0.25) is 5.91 Å². The van der Waals surface area contributed by atoms with Crippen molar-refractivity contribution < 1.29 is 14.6 Å². The van der Waals surface area contributed by atoms with E-state index in [9.17, 15) is 9.90 Å². The quantitative estimate of drug-likeness (QED) is 0.803. The molecule has 2 N–H and O–H groups in total. The van der Waals surface area contributed by atoms with Gasteiger partial charge >= 0.3 is 0 Å². The standard InChI is InChI=1S/C21H38N2O3/c1-21(2,3)16-4-6-17(7-5-16)22-20(25)19-12-18(24)14-23(19)13-15-8-10-26-11-9-15/h15-19,24H,4-14H2,1-3H3,(H,22,25). The van der Waals surface area contributed by atoms with E-state index in [2.05, 4.69) is 31.0 Å². The Hall–Kier alpha value is -0.650. The van der Waals surface area contributed by atoms with E-state index in [-0.39, 0.29) is 18.1 Å². The number of nitrogens with zero attached hydrogens (tertiary/aromatic N) is 1. The van der Waals surface area contributed by atoms with Crippen LogP contribution in [0.15, 0.2) is 0 Å². The number of rotatable bonds is 4. The summed E-state index contributed by atoms with van der Waals surface area (Å²) in [7, 11) is 0. The molecule has 1 aliphatic carbocycles. The minimum Gasteiger partial charge on any atom is -0.392 e. The van der Waals surface area contributed by atoms with E-state index >= 15 is 0 Å². The Kier molecular flexibility index (Phi) is 6.63. The highest BCUT2D eigenvalue weighted by molar-refractivity contribution is 5.82. The average Bonchev–Trinajstić information content (AvgIpc) is 2.96. The molecule has 0 aromatic carbocycles. The molecule has 2 unspecified atom stereocenters. The van der Waals surface area contributed by atoms with Gasteiger partial charge in [0.25, 0.3) is 0 Å². The van der Waals surface area contributed by atoms with Crippen LogP contribution in [0.2, 0.25) is 0 Å². The molecule has 2 saturated heterocycles. The van der Waals surface area contributed by atoms with Gasteiger partial charge in [-0.2, -0.15) is 0 Å². The summed E-state index contributed by atoms with van der Waals surface area (Å²) in [6, 6.07) is 0.150. The summed E-state index contributed by atoms with van der Waals surface area (Å²) in [5.41, 5.74) is 0.366. The lowest BCUT2D eigenvalue weighted by Crippen LogP contribution is -2.49. The normalized spacial score (nSPS) is 34.8. The first-order chi connectivity index (χ1) is 12.3. The second-order valence-electron chi connectivity index (χ2n) is 9.84. The fourth-order valence-electron chi connectivity index (χ4n) is 5.02. The predicted octanol–water partition coefficient (Wildman–Crippen LogP) is 2.57. The molecule has 3 rings (SSSR count). The van der Waals surface area contributed by atoms with Crippen LogP contribution in [0.4, 0.5) is 0 Å². The van der Waals surface area contributed by atoms with Crippen LogP contribution < -0.4 is 5.32 Å². The van der Waals surface area contributed by atoms with Crippen molar-refractivity contribution in [2.24, 2.45) is 17.3 Å². The summed E-state index contributed by atoms with van der Waals surface area (Å²) < 4.78 is 5.45. The molecule has 0 radical (unpaired) electrons. The second-order valence-corrected chi connectivity index (χ2v) is 9.84. The highest BCUT2D eigenvalue weighted by atomic mass is 16.5. The van der Waals surface area contributed by atoms with Gasteiger partial charge in [0.15, 0.2) is 0 Å². The number of hydrogen-bond donors (Lipinski definition) is 2. The topological polar surface area (TPSA) is 61.8 Å². The summed E-state index contributed by atoms with van der Waals surface area (Å²) >= 11 is 0. The van der Waals surface area contributed by atoms with Gasteiger partial charge in [-0.1, -0.05) is 20.8 Å². The van der Waals surface area contributed by atoms with Crippen molar-refractivity contribution >= 4 is 5.91 Å². The van der Waals surface area contributed by atoms with Crippen LogP contribution in [-0.4, -0.2) is 60.4 Å². The largest absolute Gasteiger partial charge is 0.392 e. The van der Waals surface area contributed by atoms with Gasteiger partial charge in [-0.15, -0.1) is 0 Å². The van der Waals surface area contributed by atoms with Crippen molar-refractivity contribution in [1.29, 1.82) is 0 Å². The van der Waals surface area contributed by atoms with Crippen molar-refractivity contribution in [1.82, 2.24) is 10.2 Å². The van der Waals surface area contributed by atoms with Crippen molar-refractivity contribution in [2.45, 2.75) is 83.9 Å². The number of aliphatic hydroxyl groups is 1. The molecule has 2 atom stereocenters. The third-order valence-electron chi connectivity index (χ3n) is 6.82. The number of carbonyl (C=O) groups excluding carboxylic acids is 1. The van der Waals surface area contributed by atoms with Crippen molar-refractivity contribution in [3.63, 3.8) is 0 Å². The number of β-amino-alcohol motifs (C(OH)–C–C–N with tert-alkyl or cyclic N) is 1. The maximum absolute atomic E-state index is 12.9. The summed E-state index contributed by atoms with van der Waals surface area (Å²) in [6.45, 7) is 10.2. The lowest BCUT2D eigenvalue weighted by Gasteiger charge is -2.38. The van der Waals surface area contributed by atoms with Gasteiger partial charge in [-0.25, -0.2) is 0 Å². The lowest BCUT2D eigenvalue weighted by molar-refractivity contribution is -0.126. The zero-order valence-electron chi connectivity index (χ0n) is 16.9. The molecule has 5 heteroatoms. The molecule has 0 bridgehead atoms. The van der Waals surface area contributed by atoms with Gasteiger partial charge in [0, 0.05) is 32.3 Å². The van der Waals surface area contributed by atoms with E-state index in [0.29, 0.717) is 30.3 Å². The van der Waals surface area contributed by atoms with E-state index < -0.39 is 0 Å². The molecule has 3 fully saturated rings. The molecule has 0 spiro atoms. The third-order valence-corrected chi connectivity index (χ3v) is 6.82. The number of nitrogens with one attached hydrogen (secondary N) is 1. The van der Waals surface area contributed by atoms with Crippen LogP contribution in [0.5, 0.6) is 0 Å². The summed E-state index contributed by atoms with van der Waals surface area (Å²) in [6.07, 6.45) is 6.91. The van der Waals surface area contributed by atoms with Crippen LogP contribution in [0.25, 0.3) is 0 Å². The Balaban J connectivity index is 1.49. The average molecular weight is 367 g/mol. The van der Waals surface area contributed by atoms with Crippen LogP contribution in [0.3, 0.4) is 0 Å². The van der Waals surface area contributed by atoms with E-state index in [4.69, 9.17) is 4.74 Å². The van der Waals surface area contributed by atoms with Gasteiger partial charge < -0.3 is 15.2 Å². The van der Waals surface area contributed by atoms with Gasteiger partial charge in [0.05, 0.1) is 12.1 Å². The molecule has 3 aliphatic rings. The van der Waals surface area contributed by atoms with Gasteiger partial charge in [-0.3, -0.25) is 9.69 Å². The SMILES string of the molecule is CC(C)(C)C1CCC(NC(=O)C2CC(O)CN2CC2CCOCC2)CC1. The molecule has 150 valence electrons. The number of hydrogen-bond acceptors (Lipinski definition) is 4. The first kappa shape index (κ1) is 20.1. The smallest absolute Gasteiger partial charge is 0.237 e. The van der Waals surface area contributed by atoms with E-state index in [1.807, 2.05) is 0 Å². The number of ether oxygens (including phenoxy) is 1. The first-order valence-electron chi connectivity index (χ1n) is 10.6. The molecule has 1 amide bonds. The number of aliphatic hydroxyl groups excluding tert-OH is 1. The van der Waals surface area contributed by atoms with Crippen LogP contribution in [0.1, 0.15) is 65.7 Å². The van der Waals surface area contributed by atoms with E-state index in [1.54, 1.807) is 0 Å². The van der Waals surface area contributed by atoms with Crippen LogP contribution in [-0.2, 0) is 9.53 Å². The van der Waals surface area contributed by atoms with Crippen LogP contribution >= 0.6 is 0 Å². The highest BCUT2D eigenvalue weighted by Crippen LogP contribution is 2.37.